The summed E-state index contributed by atoms with van der Waals surface area (Å²) < 4.78 is 4.22. The van der Waals surface area contributed by atoms with E-state index in [0.717, 1.165) is 0 Å². The number of nitroso groups, excluding NO2 is 1. The summed E-state index contributed by atoms with van der Waals surface area (Å²) in [7, 11) is 0. The summed E-state index contributed by atoms with van der Waals surface area (Å²) in [5.41, 5.74) is 1.60. The molecule has 9 heavy (non-hydrogen) atoms. The summed E-state index contributed by atoms with van der Waals surface area (Å²) >= 11 is 0. The topological polar surface area (TPSA) is 77.0 Å². The average molecular weight is 134 g/mol. The van der Waals surface area contributed by atoms with E-state index in [4.69, 9.17) is 0 Å². The molecule has 0 aromatic rings. The van der Waals surface area contributed by atoms with Gasteiger partial charge in [0.25, 0.3) is 0 Å². The van der Waals surface area contributed by atoms with Crippen LogP contribution in [0.1, 0.15) is 6.92 Å². The molecule has 0 atom stereocenters. The Bertz CT molecular complexity index is 104. The maximum absolute atomic E-state index is 9.97. The van der Waals surface area contributed by atoms with Gasteiger partial charge in [0.05, 0.1) is 5.29 Å². The molecule has 0 saturated heterocycles. The van der Waals surface area contributed by atoms with Gasteiger partial charge in [-0.3, -0.25) is 4.79 Å². The summed E-state index contributed by atoms with van der Waals surface area (Å²) in [5.74, 6) is -0.484. The van der Waals surface area contributed by atoms with Gasteiger partial charge in [-0.05, 0) is 0 Å². The number of hydrogen-bond donors (Lipinski definition) is 1. The molecule has 0 unspecified atom stereocenters. The Morgan fingerprint density at radius 2 is 2.44 bits per heavy atom. The van der Waals surface area contributed by atoms with E-state index in [1.165, 1.54) is 6.92 Å². The van der Waals surface area contributed by atoms with Crippen LogP contribution in [0.5, 0.6) is 0 Å². The first-order valence-corrected chi connectivity index (χ1v) is 2.10. The standard InChI is InChI=1S/C3H6N2O4/c1-3(6)8-2-9-5-4-7/h2H2,1H3,(H,5,7). The molecule has 0 spiro atoms. The Morgan fingerprint density at radius 3 is 2.89 bits per heavy atom. The largest absolute Gasteiger partial charge is 0.436 e. The van der Waals surface area contributed by atoms with E-state index in [2.05, 4.69) is 14.9 Å². The highest BCUT2D eigenvalue weighted by atomic mass is 16.8. The van der Waals surface area contributed by atoms with Crippen LogP contribution in [0.25, 0.3) is 0 Å². The first-order valence-electron chi connectivity index (χ1n) is 2.10. The number of rotatable bonds is 4. The van der Waals surface area contributed by atoms with Gasteiger partial charge in [0.15, 0.2) is 0 Å². The summed E-state index contributed by atoms with van der Waals surface area (Å²) in [6.07, 6.45) is 0. The molecule has 0 aliphatic carbocycles. The van der Waals surface area contributed by atoms with Crippen molar-refractivity contribution in [3.05, 3.63) is 4.91 Å². The number of carbonyl (C=O) groups is 1. The van der Waals surface area contributed by atoms with Crippen molar-refractivity contribution in [1.82, 2.24) is 5.59 Å². The molecule has 52 valence electrons. The van der Waals surface area contributed by atoms with Gasteiger partial charge in [0.2, 0.25) is 6.79 Å². The maximum Gasteiger partial charge on any atom is 0.304 e. The molecular weight excluding hydrogens is 128 g/mol. The highest BCUT2D eigenvalue weighted by Crippen LogP contribution is 1.74. The maximum atomic E-state index is 9.97. The van der Waals surface area contributed by atoms with Crippen LogP contribution >= 0.6 is 0 Å². The third-order valence-corrected chi connectivity index (χ3v) is 0.423. The fourth-order valence-electron chi connectivity index (χ4n) is 0.165. The van der Waals surface area contributed by atoms with Crippen molar-refractivity contribution < 1.29 is 14.4 Å². The van der Waals surface area contributed by atoms with E-state index in [1.54, 1.807) is 5.59 Å². The monoisotopic (exact) mass is 134 g/mol. The Labute approximate surface area is 51.0 Å². The lowest BCUT2D eigenvalue weighted by Gasteiger charge is -1.97. The predicted molar refractivity (Wildman–Crippen MR) is 26.6 cm³/mol. The van der Waals surface area contributed by atoms with Gasteiger partial charge < -0.3 is 4.74 Å². The van der Waals surface area contributed by atoms with Crippen LogP contribution in [0.15, 0.2) is 5.29 Å². The molecule has 0 radical (unpaired) electrons. The van der Waals surface area contributed by atoms with Crippen LogP contribution in [0.4, 0.5) is 0 Å². The number of hydrogen-bond acceptors (Lipinski definition) is 5. The lowest BCUT2D eigenvalue weighted by molar-refractivity contribution is -0.160. The van der Waals surface area contributed by atoms with Crippen molar-refractivity contribution in [2.75, 3.05) is 6.79 Å². The molecule has 0 aromatic carbocycles. The second-order valence-corrected chi connectivity index (χ2v) is 1.08. The minimum absolute atomic E-state index is 0.318. The van der Waals surface area contributed by atoms with E-state index >= 15 is 0 Å². The second kappa shape index (κ2) is 4.98. The van der Waals surface area contributed by atoms with Crippen LogP contribution in [0.3, 0.4) is 0 Å². The van der Waals surface area contributed by atoms with Crippen molar-refractivity contribution in [3.8, 4) is 0 Å². The summed E-state index contributed by atoms with van der Waals surface area (Å²) in [6.45, 7) is 0.902. The van der Waals surface area contributed by atoms with E-state index in [0.29, 0.717) is 0 Å². The molecule has 0 fully saturated rings. The highest BCUT2D eigenvalue weighted by molar-refractivity contribution is 5.65. The molecule has 6 nitrogen and oxygen atoms in total. The minimum Gasteiger partial charge on any atom is -0.436 e. The third kappa shape index (κ3) is 6.83. The molecule has 0 bridgehead atoms. The van der Waals surface area contributed by atoms with Crippen LogP contribution < -0.4 is 5.59 Å². The molecule has 6 heteroatoms. The first kappa shape index (κ1) is 7.83. The predicted octanol–water partition coefficient (Wildman–Crippen LogP) is -0.290. The number of nitrogens with zero attached hydrogens (tertiary/aromatic N) is 1. The number of ether oxygens (including phenoxy) is 1. The molecule has 0 aliphatic rings. The summed E-state index contributed by atoms with van der Waals surface area (Å²) in [6, 6.07) is 0. The van der Waals surface area contributed by atoms with Crippen LogP contribution in [-0.2, 0) is 14.4 Å². The molecule has 0 aliphatic heterocycles. The molecule has 0 amide bonds. The number of esters is 1. The van der Waals surface area contributed by atoms with Gasteiger partial charge in [-0.1, -0.05) is 0 Å². The Kier molecular flexibility index (Phi) is 4.33. The fraction of sp³-hybridized carbons (Fsp3) is 0.667. The van der Waals surface area contributed by atoms with E-state index < -0.39 is 5.97 Å². The van der Waals surface area contributed by atoms with Crippen molar-refractivity contribution >= 4 is 5.97 Å². The Hall–Kier alpha value is -1.17. The Balaban J connectivity index is 2.91. The SMILES string of the molecule is CC(=O)OCONN=O. The van der Waals surface area contributed by atoms with Gasteiger partial charge in [-0.25, -0.2) is 4.84 Å². The lowest BCUT2D eigenvalue weighted by atomic mass is 10.8. The van der Waals surface area contributed by atoms with Crippen LogP contribution in [0.2, 0.25) is 0 Å². The molecule has 0 aromatic heterocycles. The van der Waals surface area contributed by atoms with Gasteiger partial charge in [0.1, 0.15) is 0 Å². The quantitative estimate of drug-likeness (QED) is 0.188. The summed E-state index contributed by atoms with van der Waals surface area (Å²) in [5, 5.41) is 2.12. The van der Waals surface area contributed by atoms with Crippen molar-refractivity contribution in [3.63, 3.8) is 0 Å². The zero-order valence-electron chi connectivity index (χ0n) is 4.79. The number of carbonyl (C=O) groups excluding carboxylic acids is 1. The fourth-order valence-corrected chi connectivity index (χ4v) is 0.165. The third-order valence-electron chi connectivity index (χ3n) is 0.423. The molecule has 0 saturated carbocycles. The van der Waals surface area contributed by atoms with Crippen molar-refractivity contribution in [2.24, 2.45) is 5.29 Å². The molecule has 1 N–H and O–H groups in total. The molecule has 0 heterocycles. The number of nitrogens with one attached hydrogen (secondary N) is 1. The minimum atomic E-state index is -0.484. The van der Waals surface area contributed by atoms with E-state index in [9.17, 15) is 9.70 Å². The van der Waals surface area contributed by atoms with E-state index in [-0.39, 0.29) is 6.79 Å². The zero-order valence-corrected chi connectivity index (χ0v) is 4.79. The van der Waals surface area contributed by atoms with E-state index in [1.807, 2.05) is 0 Å². The average Bonchev–Trinajstić information content (AvgIpc) is 1.80. The van der Waals surface area contributed by atoms with Gasteiger partial charge in [0, 0.05) is 6.92 Å². The molecular formula is C3H6N2O4. The van der Waals surface area contributed by atoms with Crippen molar-refractivity contribution in [1.29, 1.82) is 0 Å². The van der Waals surface area contributed by atoms with Crippen LogP contribution in [0, 0.1) is 4.91 Å². The van der Waals surface area contributed by atoms with Crippen molar-refractivity contribution in [2.45, 2.75) is 6.92 Å². The van der Waals surface area contributed by atoms with Gasteiger partial charge in [-0.15, -0.1) is 10.5 Å². The molecule has 0 rings (SSSR count). The van der Waals surface area contributed by atoms with Crippen LogP contribution in [-0.4, -0.2) is 12.8 Å². The Morgan fingerprint density at radius 1 is 1.78 bits per heavy atom. The smallest absolute Gasteiger partial charge is 0.304 e. The normalized spacial score (nSPS) is 8.11. The summed E-state index contributed by atoms with van der Waals surface area (Å²) in [4.78, 5) is 23.3. The van der Waals surface area contributed by atoms with Gasteiger partial charge in [-0.2, -0.15) is 0 Å². The highest BCUT2D eigenvalue weighted by Gasteiger charge is 1.89. The zero-order chi connectivity index (χ0) is 7.11. The second-order valence-electron chi connectivity index (χ2n) is 1.08. The lowest BCUT2D eigenvalue weighted by Crippen LogP contribution is -2.11. The first-order chi connectivity index (χ1) is 4.27. The van der Waals surface area contributed by atoms with Gasteiger partial charge >= 0.3 is 5.97 Å².